The van der Waals surface area contributed by atoms with Gasteiger partial charge in [0, 0.05) is 7.62 Å². The van der Waals surface area contributed by atoms with E-state index in [0.29, 0.717) is 0 Å². The molecule has 0 radical (unpaired) electrons. The molecule has 2 aromatic heterocycles. The zero-order chi connectivity index (χ0) is 10.2. The molecule has 2 rings (SSSR count). The predicted molar refractivity (Wildman–Crippen MR) is 59.3 cm³/mol. The van der Waals surface area contributed by atoms with Crippen LogP contribution in [-0.4, -0.2) is 15.0 Å². The maximum atomic E-state index is 4.31. The van der Waals surface area contributed by atoms with Crippen molar-refractivity contribution < 1.29 is 1.43 Å². The van der Waals surface area contributed by atoms with E-state index in [0.717, 1.165) is 17.6 Å². The maximum absolute atomic E-state index is 4.31. The molecule has 0 saturated heterocycles. The van der Waals surface area contributed by atoms with E-state index in [1.807, 2.05) is 6.20 Å². The van der Waals surface area contributed by atoms with Crippen LogP contribution in [0.1, 0.15) is 34.2 Å². The Labute approximate surface area is 85.1 Å². The van der Waals surface area contributed by atoms with Gasteiger partial charge in [0.2, 0.25) is 0 Å². The number of nitrogens with one attached hydrogen (secondary N) is 1. The number of hydrogen-bond donors (Lipinski definition) is 1. The smallest absolute Gasteiger partial charge is 0.177 e. The highest BCUT2D eigenvalue weighted by molar-refractivity contribution is 5.70. The predicted octanol–water partition coefficient (Wildman–Crippen LogP) is 2.89. The molecular formula is C11H17N3. The molecule has 0 fully saturated rings. The van der Waals surface area contributed by atoms with E-state index in [-0.39, 0.29) is 6.84 Å². The fourth-order valence-corrected chi connectivity index (χ4v) is 1.40. The molecule has 0 amide bonds. The van der Waals surface area contributed by atoms with Crippen molar-refractivity contribution >= 4 is 11.2 Å². The average molecular weight is 191 g/mol. The Hall–Kier alpha value is -1.38. The van der Waals surface area contributed by atoms with Gasteiger partial charge in [0.15, 0.2) is 5.65 Å². The minimum absolute atomic E-state index is 0. The Balaban J connectivity index is 0.00000112. The molecule has 0 unspecified atom stereocenters. The third-order valence-corrected chi connectivity index (χ3v) is 2.94. The molecule has 76 valence electrons. The van der Waals surface area contributed by atoms with Gasteiger partial charge in [-0.1, -0.05) is 20.8 Å². The summed E-state index contributed by atoms with van der Waals surface area (Å²) in [4.78, 5) is 11.5. The van der Waals surface area contributed by atoms with Crippen LogP contribution in [0.25, 0.3) is 11.2 Å². The summed E-state index contributed by atoms with van der Waals surface area (Å²) in [7, 11) is 0. The van der Waals surface area contributed by atoms with Crippen molar-refractivity contribution in [1.29, 1.82) is 0 Å². The molecule has 0 aliphatic rings. The van der Waals surface area contributed by atoms with Crippen molar-refractivity contribution in [3.05, 3.63) is 24.2 Å². The second kappa shape index (κ2) is 3.08. The van der Waals surface area contributed by atoms with Crippen LogP contribution in [0.2, 0.25) is 0 Å². The standard InChI is InChI=1S/C11H15N3.H2/c1-4-11(2,3)8-5-9-10(12-6-8)14-7-13-9;/h5-7H,4H2,1-3H3,(H,12,13,14);1H. The molecule has 3 heteroatoms. The van der Waals surface area contributed by atoms with Crippen LogP contribution in [0, 0.1) is 0 Å². The summed E-state index contributed by atoms with van der Waals surface area (Å²) in [6, 6.07) is 2.14. The summed E-state index contributed by atoms with van der Waals surface area (Å²) in [6.45, 7) is 6.65. The number of aromatic nitrogens is 3. The SMILES string of the molecule is CCC(C)(C)c1cnc2nc[nH]c2c1.[HH]. The minimum atomic E-state index is 0. The lowest BCUT2D eigenvalue weighted by Crippen LogP contribution is -2.15. The summed E-state index contributed by atoms with van der Waals surface area (Å²) in [5.41, 5.74) is 3.26. The third-order valence-electron chi connectivity index (χ3n) is 2.94. The Bertz CT molecular complexity index is 448. The van der Waals surface area contributed by atoms with Crippen LogP contribution in [0.4, 0.5) is 0 Å². The normalized spacial score (nSPS) is 12.2. The first-order chi connectivity index (χ1) is 6.63. The van der Waals surface area contributed by atoms with Crippen LogP contribution in [0.3, 0.4) is 0 Å². The van der Waals surface area contributed by atoms with E-state index in [1.165, 1.54) is 5.56 Å². The molecule has 3 nitrogen and oxygen atoms in total. The van der Waals surface area contributed by atoms with Crippen molar-refractivity contribution in [3.63, 3.8) is 0 Å². The van der Waals surface area contributed by atoms with Gasteiger partial charge < -0.3 is 4.98 Å². The molecule has 1 N–H and O–H groups in total. The zero-order valence-corrected chi connectivity index (χ0v) is 8.83. The molecule has 0 spiro atoms. The Kier molecular flexibility index (Phi) is 2.02. The van der Waals surface area contributed by atoms with Crippen molar-refractivity contribution in [2.24, 2.45) is 0 Å². The fraction of sp³-hybridized carbons (Fsp3) is 0.455. The summed E-state index contributed by atoms with van der Waals surface area (Å²) >= 11 is 0. The van der Waals surface area contributed by atoms with E-state index < -0.39 is 0 Å². The first-order valence-electron chi connectivity index (χ1n) is 4.93. The zero-order valence-electron chi connectivity index (χ0n) is 8.83. The number of pyridine rings is 1. The van der Waals surface area contributed by atoms with E-state index >= 15 is 0 Å². The Morgan fingerprint density at radius 2 is 2.21 bits per heavy atom. The number of hydrogen-bond acceptors (Lipinski definition) is 2. The van der Waals surface area contributed by atoms with Gasteiger partial charge >= 0.3 is 0 Å². The topological polar surface area (TPSA) is 41.6 Å². The summed E-state index contributed by atoms with van der Waals surface area (Å²) < 4.78 is 0. The van der Waals surface area contributed by atoms with Gasteiger partial charge in [-0.25, -0.2) is 9.97 Å². The molecule has 2 heterocycles. The summed E-state index contributed by atoms with van der Waals surface area (Å²) in [5.74, 6) is 0. The average Bonchev–Trinajstić information content (AvgIpc) is 2.64. The quantitative estimate of drug-likeness (QED) is 0.793. The molecule has 0 aliphatic carbocycles. The highest BCUT2D eigenvalue weighted by atomic mass is 14.9. The molecule has 0 saturated carbocycles. The lowest BCUT2D eigenvalue weighted by atomic mass is 9.83. The first kappa shape index (κ1) is 9.19. The fourth-order valence-electron chi connectivity index (χ4n) is 1.40. The molecule has 0 aromatic carbocycles. The number of rotatable bonds is 2. The molecular weight excluding hydrogens is 174 g/mol. The summed E-state index contributed by atoms with van der Waals surface area (Å²) in [5, 5.41) is 0. The van der Waals surface area contributed by atoms with E-state index in [2.05, 4.69) is 41.8 Å². The minimum Gasteiger partial charge on any atom is -0.343 e. The Morgan fingerprint density at radius 3 is 2.93 bits per heavy atom. The lowest BCUT2D eigenvalue weighted by Gasteiger charge is -2.22. The number of aromatic amines is 1. The van der Waals surface area contributed by atoms with Crippen molar-refractivity contribution in [3.8, 4) is 0 Å². The van der Waals surface area contributed by atoms with Crippen molar-refractivity contribution in [2.75, 3.05) is 0 Å². The molecule has 14 heavy (non-hydrogen) atoms. The van der Waals surface area contributed by atoms with Crippen LogP contribution >= 0.6 is 0 Å². The van der Waals surface area contributed by atoms with Crippen molar-refractivity contribution in [2.45, 2.75) is 32.6 Å². The second-order valence-corrected chi connectivity index (χ2v) is 4.24. The highest BCUT2D eigenvalue weighted by Gasteiger charge is 2.18. The van der Waals surface area contributed by atoms with Gasteiger partial charge in [0.05, 0.1) is 11.8 Å². The number of H-pyrrole nitrogens is 1. The highest BCUT2D eigenvalue weighted by Crippen LogP contribution is 2.27. The van der Waals surface area contributed by atoms with Gasteiger partial charge in [-0.15, -0.1) is 0 Å². The second-order valence-electron chi connectivity index (χ2n) is 4.24. The van der Waals surface area contributed by atoms with Crippen LogP contribution in [0.5, 0.6) is 0 Å². The number of fused-ring (bicyclic) bond motifs is 1. The van der Waals surface area contributed by atoms with Crippen LogP contribution in [-0.2, 0) is 5.41 Å². The third kappa shape index (κ3) is 1.39. The van der Waals surface area contributed by atoms with E-state index in [4.69, 9.17) is 0 Å². The summed E-state index contributed by atoms with van der Waals surface area (Å²) in [6.07, 6.45) is 4.71. The molecule has 2 aromatic rings. The largest absolute Gasteiger partial charge is 0.343 e. The van der Waals surface area contributed by atoms with Crippen LogP contribution in [0.15, 0.2) is 18.6 Å². The number of nitrogens with zero attached hydrogens (tertiary/aromatic N) is 2. The molecule has 0 bridgehead atoms. The van der Waals surface area contributed by atoms with Crippen molar-refractivity contribution in [1.82, 2.24) is 15.0 Å². The van der Waals surface area contributed by atoms with Crippen LogP contribution < -0.4 is 0 Å². The monoisotopic (exact) mass is 191 g/mol. The first-order valence-corrected chi connectivity index (χ1v) is 4.93. The van der Waals surface area contributed by atoms with Gasteiger partial charge in [0.25, 0.3) is 0 Å². The maximum Gasteiger partial charge on any atom is 0.177 e. The molecule has 0 aliphatic heterocycles. The van der Waals surface area contributed by atoms with E-state index in [9.17, 15) is 0 Å². The van der Waals surface area contributed by atoms with Gasteiger partial charge in [0.1, 0.15) is 0 Å². The van der Waals surface area contributed by atoms with Gasteiger partial charge in [-0.2, -0.15) is 0 Å². The van der Waals surface area contributed by atoms with E-state index in [1.54, 1.807) is 6.33 Å². The lowest BCUT2D eigenvalue weighted by molar-refractivity contribution is 0.505. The van der Waals surface area contributed by atoms with Gasteiger partial charge in [-0.05, 0) is 23.5 Å². The molecule has 0 atom stereocenters. The Morgan fingerprint density at radius 1 is 1.43 bits per heavy atom. The van der Waals surface area contributed by atoms with Gasteiger partial charge in [-0.3, -0.25) is 0 Å². The number of imidazole rings is 1.